The molecule has 0 spiro atoms. The van der Waals surface area contributed by atoms with E-state index < -0.39 is 5.92 Å². The zero-order chi connectivity index (χ0) is 12.7. The minimum atomic E-state index is -2.42. The van der Waals surface area contributed by atoms with E-state index in [4.69, 9.17) is 0 Å². The molecule has 1 fully saturated rings. The maximum absolute atomic E-state index is 13.2. The van der Waals surface area contributed by atoms with Crippen LogP contribution in [0.15, 0.2) is 12.7 Å². The van der Waals surface area contributed by atoms with E-state index in [1.165, 1.54) is 0 Å². The zero-order valence-electron chi connectivity index (χ0n) is 10.9. The Morgan fingerprint density at radius 3 is 2.82 bits per heavy atom. The lowest BCUT2D eigenvalue weighted by molar-refractivity contribution is 0.00312. The van der Waals surface area contributed by atoms with Crippen LogP contribution < -0.4 is 5.32 Å². The summed E-state index contributed by atoms with van der Waals surface area (Å²) in [5.41, 5.74) is 0. The Morgan fingerprint density at radius 1 is 1.53 bits per heavy atom. The predicted octanol–water partition coefficient (Wildman–Crippen LogP) is 4.15. The van der Waals surface area contributed by atoms with Crippen molar-refractivity contribution in [2.75, 3.05) is 6.54 Å². The normalized spacial score (nSPS) is 24.8. The van der Waals surface area contributed by atoms with Crippen LogP contribution in [0.1, 0.15) is 51.9 Å². The molecule has 100 valence electrons. The van der Waals surface area contributed by atoms with E-state index in [-0.39, 0.29) is 24.8 Å². The van der Waals surface area contributed by atoms with Crippen molar-refractivity contribution in [2.24, 2.45) is 5.92 Å². The van der Waals surface area contributed by atoms with E-state index in [1.54, 1.807) is 0 Å². The lowest BCUT2D eigenvalue weighted by Gasteiger charge is -2.24. The molecule has 1 aliphatic rings. The molecule has 0 saturated heterocycles. The number of hydrogen-bond donors (Lipinski definition) is 1. The maximum Gasteiger partial charge on any atom is 0.248 e. The van der Waals surface area contributed by atoms with Gasteiger partial charge in [0.25, 0.3) is 0 Å². The Morgan fingerprint density at radius 2 is 2.29 bits per heavy atom. The summed E-state index contributed by atoms with van der Waals surface area (Å²) in [5, 5.41) is 3.44. The first-order chi connectivity index (χ1) is 8.09. The van der Waals surface area contributed by atoms with Gasteiger partial charge in [0.05, 0.1) is 0 Å². The molecule has 1 rings (SSSR count). The zero-order valence-corrected chi connectivity index (χ0v) is 10.9. The van der Waals surface area contributed by atoms with Crippen LogP contribution in [-0.2, 0) is 0 Å². The Hall–Kier alpha value is -0.440. The monoisotopic (exact) mass is 245 g/mol. The highest BCUT2D eigenvalue weighted by Crippen LogP contribution is 2.41. The highest BCUT2D eigenvalue weighted by atomic mass is 19.3. The van der Waals surface area contributed by atoms with E-state index in [2.05, 4.69) is 18.8 Å². The summed E-state index contributed by atoms with van der Waals surface area (Å²) in [6.07, 6.45) is 6.79. The molecular formula is C14H25F2N. The quantitative estimate of drug-likeness (QED) is 0.500. The first kappa shape index (κ1) is 14.6. The van der Waals surface area contributed by atoms with Crippen LogP contribution >= 0.6 is 0 Å². The van der Waals surface area contributed by atoms with Gasteiger partial charge in [-0.25, -0.2) is 8.78 Å². The van der Waals surface area contributed by atoms with E-state index in [0.717, 1.165) is 32.2 Å². The van der Waals surface area contributed by atoms with Crippen LogP contribution in [-0.4, -0.2) is 18.5 Å². The van der Waals surface area contributed by atoms with Crippen LogP contribution in [0, 0.1) is 5.92 Å². The molecule has 1 nitrogen and oxygen atoms in total. The fourth-order valence-corrected chi connectivity index (χ4v) is 2.64. The smallest absolute Gasteiger partial charge is 0.248 e. The molecule has 0 radical (unpaired) electrons. The minimum Gasteiger partial charge on any atom is -0.314 e. The van der Waals surface area contributed by atoms with E-state index in [0.29, 0.717) is 6.42 Å². The van der Waals surface area contributed by atoms with Gasteiger partial charge in [-0.1, -0.05) is 13.0 Å². The lowest BCUT2D eigenvalue weighted by Crippen LogP contribution is -2.36. The molecule has 0 aromatic rings. The first-order valence-corrected chi connectivity index (χ1v) is 6.81. The van der Waals surface area contributed by atoms with Gasteiger partial charge in [-0.15, -0.1) is 6.58 Å². The average Bonchev–Trinajstić information content (AvgIpc) is 2.64. The molecule has 1 saturated carbocycles. The summed E-state index contributed by atoms with van der Waals surface area (Å²) < 4.78 is 26.4. The molecule has 0 bridgehead atoms. The van der Waals surface area contributed by atoms with Crippen LogP contribution in [0.3, 0.4) is 0 Å². The van der Waals surface area contributed by atoms with Gasteiger partial charge in [0.15, 0.2) is 0 Å². The van der Waals surface area contributed by atoms with Crippen molar-refractivity contribution >= 4 is 0 Å². The molecule has 2 atom stereocenters. The first-order valence-electron chi connectivity index (χ1n) is 6.81. The lowest BCUT2D eigenvalue weighted by atomic mass is 9.93. The van der Waals surface area contributed by atoms with Crippen LogP contribution in [0.4, 0.5) is 8.78 Å². The number of rotatable bonds is 8. The number of unbranched alkanes of at least 4 members (excludes halogenated alkanes) is 1. The van der Waals surface area contributed by atoms with Crippen LogP contribution in [0.2, 0.25) is 0 Å². The van der Waals surface area contributed by atoms with Gasteiger partial charge >= 0.3 is 0 Å². The standard InChI is InChI=1S/C14H25F2N/c1-3-5-6-7-13(17-10-4-2)12-8-9-14(15,16)11-12/h3,12-13,17H,1,4-11H2,2H3. The van der Waals surface area contributed by atoms with Gasteiger partial charge in [-0.3, -0.25) is 0 Å². The van der Waals surface area contributed by atoms with Crippen molar-refractivity contribution in [2.45, 2.75) is 63.8 Å². The van der Waals surface area contributed by atoms with Crippen molar-refractivity contribution in [3.05, 3.63) is 12.7 Å². The summed E-state index contributed by atoms with van der Waals surface area (Å²) >= 11 is 0. The topological polar surface area (TPSA) is 12.0 Å². The third kappa shape index (κ3) is 5.15. The Bertz CT molecular complexity index is 228. The molecular weight excluding hydrogens is 220 g/mol. The van der Waals surface area contributed by atoms with Gasteiger partial charge < -0.3 is 5.32 Å². The molecule has 2 unspecified atom stereocenters. The summed E-state index contributed by atoms with van der Waals surface area (Å²) in [7, 11) is 0. The van der Waals surface area contributed by atoms with Crippen molar-refractivity contribution in [1.29, 1.82) is 0 Å². The second kappa shape index (κ2) is 7.10. The molecule has 0 aromatic heterocycles. The highest BCUT2D eigenvalue weighted by molar-refractivity contribution is 4.88. The van der Waals surface area contributed by atoms with E-state index >= 15 is 0 Å². The fraction of sp³-hybridized carbons (Fsp3) is 0.857. The number of alkyl halides is 2. The number of allylic oxidation sites excluding steroid dienone is 1. The summed E-state index contributed by atoms with van der Waals surface area (Å²) in [6, 6.07) is 0.267. The van der Waals surface area contributed by atoms with Gasteiger partial charge in [-0.2, -0.15) is 0 Å². The number of hydrogen-bond acceptors (Lipinski definition) is 1. The molecule has 1 N–H and O–H groups in total. The Kier molecular flexibility index (Phi) is 6.10. The summed E-state index contributed by atoms with van der Waals surface area (Å²) in [5.74, 6) is -2.27. The molecule has 0 aliphatic heterocycles. The van der Waals surface area contributed by atoms with Gasteiger partial charge in [0.2, 0.25) is 5.92 Å². The van der Waals surface area contributed by atoms with Crippen molar-refractivity contribution in [3.63, 3.8) is 0 Å². The molecule has 0 aromatic carbocycles. The van der Waals surface area contributed by atoms with E-state index in [1.807, 2.05) is 6.08 Å². The second-order valence-electron chi connectivity index (χ2n) is 5.14. The third-order valence-corrected chi connectivity index (χ3v) is 3.59. The predicted molar refractivity (Wildman–Crippen MR) is 68.4 cm³/mol. The molecule has 0 amide bonds. The largest absolute Gasteiger partial charge is 0.314 e. The Balaban J connectivity index is 2.41. The highest BCUT2D eigenvalue weighted by Gasteiger charge is 2.41. The number of nitrogens with one attached hydrogen (secondary N) is 1. The summed E-state index contributed by atoms with van der Waals surface area (Å²) in [6.45, 7) is 6.74. The van der Waals surface area contributed by atoms with Gasteiger partial charge in [0, 0.05) is 18.9 Å². The summed E-state index contributed by atoms with van der Waals surface area (Å²) in [4.78, 5) is 0. The van der Waals surface area contributed by atoms with Crippen LogP contribution in [0.5, 0.6) is 0 Å². The Labute approximate surface area is 104 Å². The minimum absolute atomic E-state index is 0.0719. The molecule has 3 heteroatoms. The van der Waals surface area contributed by atoms with Gasteiger partial charge in [-0.05, 0) is 44.6 Å². The molecule has 0 heterocycles. The molecule has 17 heavy (non-hydrogen) atoms. The van der Waals surface area contributed by atoms with Gasteiger partial charge in [0.1, 0.15) is 0 Å². The fourth-order valence-electron chi connectivity index (χ4n) is 2.64. The SMILES string of the molecule is C=CCCCC(NCCC)C1CCC(F)(F)C1. The number of halogens is 2. The van der Waals surface area contributed by atoms with E-state index in [9.17, 15) is 8.78 Å². The van der Waals surface area contributed by atoms with Crippen molar-refractivity contribution in [3.8, 4) is 0 Å². The molecule has 1 aliphatic carbocycles. The van der Waals surface area contributed by atoms with Crippen LogP contribution in [0.25, 0.3) is 0 Å². The maximum atomic E-state index is 13.2. The third-order valence-electron chi connectivity index (χ3n) is 3.59. The second-order valence-corrected chi connectivity index (χ2v) is 5.14. The van der Waals surface area contributed by atoms with Crippen molar-refractivity contribution < 1.29 is 8.78 Å². The average molecular weight is 245 g/mol. The van der Waals surface area contributed by atoms with Crippen molar-refractivity contribution in [1.82, 2.24) is 5.32 Å².